The number of piperidine rings is 1. The molecule has 1 saturated heterocycles. The molecule has 1 aromatic carbocycles. The second-order valence-corrected chi connectivity index (χ2v) is 6.29. The highest BCUT2D eigenvalue weighted by Gasteiger charge is 2.19. The van der Waals surface area contributed by atoms with Gasteiger partial charge in [-0.2, -0.15) is 8.78 Å². The number of hydrogen-bond donors (Lipinski definition) is 2. The first-order valence-electron chi connectivity index (χ1n) is 8.97. The molecular weight excluding hydrogens is 354 g/mol. The first-order valence-corrected chi connectivity index (χ1v) is 8.97. The summed E-state index contributed by atoms with van der Waals surface area (Å²) in [5, 5.41) is 6.56. The van der Waals surface area contributed by atoms with Gasteiger partial charge in [0.2, 0.25) is 0 Å². The van der Waals surface area contributed by atoms with Crippen LogP contribution in [0.2, 0.25) is 0 Å². The molecule has 1 aliphatic rings. The molecule has 0 atom stereocenters. The summed E-state index contributed by atoms with van der Waals surface area (Å²) in [6.45, 7) is 4.10. The van der Waals surface area contributed by atoms with Crippen molar-refractivity contribution in [2.45, 2.75) is 32.0 Å². The summed E-state index contributed by atoms with van der Waals surface area (Å²) in [4.78, 5) is 6.58. The zero-order valence-corrected chi connectivity index (χ0v) is 15.9. The second kappa shape index (κ2) is 10.7. The van der Waals surface area contributed by atoms with Gasteiger partial charge < -0.3 is 20.1 Å². The van der Waals surface area contributed by atoms with E-state index in [1.807, 2.05) is 6.08 Å². The molecule has 0 bridgehead atoms. The standard InChI is InChI=1S/C19H28F2N4O2/c1-4-9-25-10-7-15(8-11-25)24-19(22-2)23-13-14-5-6-16(26-3)12-17(14)27-18(20)21/h4-6,12,15,18H,1,7-11,13H2,2-3H3,(H2,22,23,24). The number of nitrogens with one attached hydrogen (secondary N) is 2. The molecule has 0 spiro atoms. The minimum Gasteiger partial charge on any atom is -0.497 e. The van der Waals surface area contributed by atoms with Crippen LogP contribution in [0, 0.1) is 0 Å². The lowest BCUT2D eigenvalue weighted by Crippen LogP contribution is -2.48. The number of methoxy groups -OCH3 is 1. The summed E-state index contributed by atoms with van der Waals surface area (Å²) in [5.74, 6) is 1.18. The topological polar surface area (TPSA) is 58.1 Å². The summed E-state index contributed by atoms with van der Waals surface area (Å²) in [6, 6.07) is 5.19. The molecule has 150 valence electrons. The van der Waals surface area contributed by atoms with E-state index in [1.54, 1.807) is 19.2 Å². The number of rotatable bonds is 8. The predicted molar refractivity (Wildman–Crippen MR) is 103 cm³/mol. The van der Waals surface area contributed by atoms with Crippen LogP contribution in [-0.2, 0) is 6.54 Å². The van der Waals surface area contributed by atoms with Crippen molar-refractivity contribution in [1.29, 1.82) is 0 Å². The maximum Gasteiger partial charge on any atom is 0.387 e. The molecule has 0 amide bonds. The molecule has 27 heavy (non-hydrogen) atoms. The maximum atomic E-state index is 12.7. The van der Waals surface area contributed by atoms with Crippen molar-refractivity contribution in [2.24, 2.45) is 4.99 Å². The molecule has 6 nitrogen and oxygen atoms in total. The first-order chi connectivity index (χ1) is 13.0. The third-order valence-electron chi connectivity index (χ3n) is 4.48. The number of benzene rings is 1. The monoisotopic (exact) mass is 382 g/mol. The van der Waals surface area contributed by atoms with E-state index in [9.17, 15) is 8.78 Å². The number of nitrogens with zero attached hydrogens (tertiary/aromatic N) is 2. The summed E-state index contributed by atoms with van der Waals surface area (Å²) in [6.07, 6.45) is 3.94. The van der Waals surface area contributed by atoms with E-state index in [4.69, 9.17) is 4.74 Å². The zero-order chi connectivity index (χ0) is 19.6. The fourth-order valence-electron chi connectivity index (χ4n) is 3.02. The number of hydrogen-bond acceptors (Lipinski definition) is 4. The molecule has 2 N–H and O–H groups in total. The van der Waals surface area contributed by atoms with Crippen molar-refractivity contribution >= 4 is 5.96 Å². The van der Waals surface area contributed by atoms with Crippen LogP contribution in [0.25, 0.3) is 0 Å². The fraction of sp³-hybridized carbons (Fsp3) is 0.526. The van der Waals surface area contributed by atoms with E-state index >= 15 is 0 Å². The molecule has 0 saturated carbocycles. The van der Waals surface area contributed by atoms with Crippen LogP contribution in [0.15, 0.2) is 35.8 Å². The molecule has 0 radical (unpaired) electrons. The smallest absolute Gasteiger partial charge is 0.387 e. The molecule has 0 aromatic heterocycles. The molecule has 1 aliphatic heterocycles. The molecule has 1 fully saturated rings. The zero-order valence-electron chi connectivity index (χ0n) is 15.9. The lowest BCUT2D eigenvalue weighted by molar-refractivity contribution is -0.0505. The SMILES string of the molecule is C=CCN1CCC(NC(=NC)NCc2ccc(OC)cc2OC(F)F)CC1. The molecule has 0 aliphatic carbocycles. The Morgan fingerprint density at radius 1 is 1.41 bits per heavy atom. The number of aliphatic imine (C=N–C) groups is 1. The van der Waals surface area contributed by atoms with Crippen molar-refractivity contribution in [3.05, 3.63) is 36.4 Å². The van der Waals surface area contributed by atoms with Crippen molar-refractivity contribution in [3.63, 3.8) is 0 Å². The van der Waals surface area contributed by atoms with Crippen molar-refractivity contribution in [1.82, 2.24) is 15.5 Å². The highest BCUT2D eigenvalue weighted by Crippen LogP contribution is 2.26. The summed E-state index contributed by atoms with van der Waals surface area (Å²) in [7, 11) is 3.16. The van der Waals surface area contributed by atoms with Crippen molar-refractivity contribution in [3.8, 4) is 11.5 Å². The predicted octanol–water partition coefficient (Wildman–Crippen LogP) is 2.61. The summed E-state index contributed by atoms with van der Waals surface area (Å²) in [5.41, 5.74) is 0.597. The number of ether oxygens (including phenoxy) is 2. The number of likely N-dealkylation sites (tertiary alicyclic amines) is 1. The van der Waals surface area contributed by atoms with E-state index in [1.165, 1.54) is 13.2 Å². The number of guanidine groups is 1. The minimum atomic E-state index is -2.89. The quantitative estimate of drug-likeness (QED) is 0.411. The van der Waals surface area contributed by atoms with Gasteiger partial charge in [0.15, 0.2) is 5.96 Å². The van der Waals surface area contributed by atoms with Gasteiger partial charge in [0.25, 0.3) is 0 Å². The summed E-state index contributed by atoms with van der Waals surface area (Å²) >= 11 is 0. The molecule has 1 heterocycles. The molecule has 0 unspecified atom stereocenters. The molecule has 8 heteroatoms. The van der Waals surface area contributed by atoms with Gasteiger partial charge in [-0.05, 0) is 25.0 Å². The largest absolute Gasteiger partial charge is 0.497 e. The van der Waals surface area contributed by atoms with Crippen LogP contribution in [0.1, 0.15) is 18.4 Å². The average molecular weight is 382 g/mol. The van der Waals surface area contributed by atoms with E-state index in [-0.39, 0.29) is 5.75 Å². The third-order valence-corrected chi connectivity index (χ3v) is 4.48. The molecule has 1 aromatic rings. The highest BCUT2D eigenvalue weighted by molar-refractivity contribution is 5.80. The van der Waals surface area contributed by atoms with E-state index in [0.29, 0.717) is 29.9 Å². The first kappa shape index (κ1) is 21.0. The van der Waals surface area contributed by atoms with Crippen LogP contribution in [0.5, 0.6) is 11.5 Å². The lowest BCUT2D eigenvalue weighted by atomic mass is 10.1. The fourth-order valence-corrected chi connectivity index (χ4v) is 3.02. The van der Waals surface area contributed by atoms with Crippen LogP contribution < -0.4 is 20.1 Å². The van der Waals surface area contributed by atoms with Gasteiger partial charge in [-0.15, -0.1) is 6.58 Å². The Morgan fingerprint density at radius 2 is 2.15 bits per heavy atom. The Kier molecular flexibility index (Phi) is 8.32. The Bertz CT molecular complexity index is 632. The average Bonchev–Trinajstić information content (AvgIpc) is 2.67. The normalized spacial score (nSPS) is 16.3. The van der Waals surface area contributed by atoms with Crippen LogP contribution in [0.3, 0.4) is 0 Å². The highest BCUT2D eigenvalue weighted by atomic mass is 19.3. The van der Waals surface area contributed by atoms with Crippen LogP contribution in [-0.4, -0.2) is 57.3 Å². The Morgan fingerprint density at radius 3 is 2.74 bits per heavy atom. The van der Waals surface area contributed by atoms with E-state index in [2.05, 4.69) is 31.8 Å². The van der Waals surface area contributed by atoms with Gasteiger partial charge in [0.1, 0.15) is 11.5 Å². The Hall–Kier alpha value is -2.35. The molecular formula is C19H28F2N4O2. The van der Waals surface area contributed by atoms with Gasteiger partial charge in [0, 0.05) is 50.9 Å². The molecule has 2 rings (SSSR count). The van der Waals surface area contributed by atoms with Gasteiger partial charge in [0.05, 0.1) is 7.11 Å². The maximum absolute atomic E-state index is 12.7. The van der Waals surface area contributed by atoms with E-state index in [0.717, 1.165) is 32.5 Å². The number of halogens is 2. The summed E-state index contributed by atoms with van der Waals surface area (Å²) < 4.78 is 35.0. The van der Waals surface area contributed by atoms with Crippen LogP contribution in [0.4, 0.5) is 8.78 Å². The van der Waals surface area contributed by atoms with Crippen LogP contribution >= 0.6 is 0 Å². The van der Waals surface area contributed by atoms with Gasteiger partial charge in [-0.1, -0.05) is 6.08 Å². The van der Waals surface area contributed by atoms with Crippen molar-refractivity contribution in [2.75, 3.05) is 33.8 Å². The van der Waals surface area contributed by atoms with E-state index < -0.39 is 6.61 Å². The van der Waals surface area contributed by atoms with Gasteiger partial charge in [-0.25, -0.2) is 0 Å². The lowest BCUT2D eigenvalue weighted by Gasteiger charge is -2.32. The van der Waals surface area contributed by atoms with Gasteiger partial charge in [-0.3, -0.25) is 9.89 Å². The number of alkyl halides is 2. The Balaban J connectivity index is 1.91. The van der Waals surface area contributed by atoms with Gasteiger partial charge >= 0.3 is 6.61 Å². The Labute approximate surface area is 159 Å². The second-order valence-electron chi connectivity index (χ2n) is 6.29. The minimum absolute atomic E-state index is 0.0880. The van der Waals surface area contributed by atoms with Crippen molar-refractivity contribution < 1.29 is 18.3 Å². The third kappa shape index (κ3) is 6.71.